The van der Waals surface area contributed by atoms with Gasteiger partial charge in [-0.1, -0.05) is 59.3 Å². The van der Waals surface area contributed by atoms with Crippen molar-refractivity contribution in [2.45, 2.75) is 30.3 Å². The molecule has 0 spiro atoms. The van der Waals surface area contributed by atoms with Gasteiger partial charge in [-0.25, -0.2) is 13.1 Å². The Morgan fingerprint density at radius 2 is 1.82 bits per heavy atom. The molecule has 9 nitrogen and oxygen atoms in total. The zero-order valence-corrected chi connectivity index (χ0v) is 19.7. The van der Waals surface area contributed by atoms with Crippen LogP contribution in [0, 0.1) is 0 Å². The molecule has 0 bridgehead atoms. The van der Waals surface area contributed by atoms with E-state index in [1.807, 2.05) is 29.2 Å². The molecule has 0 saturated carbocycles. The highest BCUT2D eigenvalue weighted by Crippen LogP contribution is 2.22. The first-order valence-electron chi connectivity index (χ1n) is 10.1. The summed E-state index contributed by atoms with van der Waals surface area (Å²) in [6, 6.07) is 13.9. The maximum Gasteiger partial charge on any atom is 0.270 e. The molecule has 1 fully saturated rings. The second kappa shape index (κ2) is 9.96. The third kappa shape index (κ3) is 5.74. The van der Waals surface area contributed by atoms with Gasteiger partial charge in [0.1, 0.15) is 0 Å². The van der Waals surface area contributed by atoms with E-state index < -0.39 is 15.9 Å². The molecule has 1 aliphatic rings. The van der Waals surface area contributed by atoms with Gasteiger partial charge in [-0.05, 0) is 29.7 Å². The number of carbonyl (C=O) groups excluding carboxylic acids is 2. The number of nitrogens with zero attached hydrogens (tertiary/aromatic N) is 3. The molecular weight excluding hydrogens is 486 g/mol. The first-order chi connectivity index (χ1) is 15.8. The van der Waals surface area contributed by atoms with Crippen LogP contribution >= 0.6 is 22.9 Å². The third-order valence-corrected chi connectivity index (χ3v) is 7.95. The largest absolute Gasteiger partial charge is 0.338 e. The van der Waals surface area contributed by atoms with Crippen molar-refractivity contribution >= 4 is 49.9 Å². The van der Waals surface area contributed by atoms with Crippen LogP contribution in [0.3, 0.4) is 0 Å². The molecule has 33 heavy (non-hydrogen) atoms. The second-order valence-corrected chi connectivity index (χ2v) is 10.7. The number of aromatic nitrogens is 2. The van der Waals surface area contributed by atoms with Crippen molar-refractivity contribution in [1.29, 1.82) is 0 Å². The Hall–Kier alpha value is -2.86. The lowest BCUT2D eigenvalue weighted by atomic mass is 10.1. The van der Waals surface area contributed by atoms with Crippen molar-refractivity contribution < 1.29 is 18.0 Å². The Morgan fingerprint density at radius 3 is 2.52 bits per heavy atom. The fourth-order valence-electron chi connectivity index (χ4n) is 3.27. The van der Waals surface area contributed by atoms with Crippen LogP contribution in [-0.4, -0.2) is 41.9 Å². The summed E-state index contributed by atoms with van der Waals surface area (Å²) in [4.78, 5) is 25.9. The molecule has 2 N–H and O–H groups in total. The van der Waals surface area contributed by atoms with E-state index in [0.29, 0.717) is 13.0 Å². The molecule has 3 aromatic rings. The van der Waals surface area contributed by atoms with Crippen LogP contribution in [0.2, 0.25) is 5.02 Å². The van der Waals surface area contributed by atoms with E-state index in [9.17, 15) is 18.0 Å². The van der Waals surface area contributed by atoms with Gasteiger partial charge in [0.15, 0.2) is 0 Å². The Bertz CT molecular complexity index is 1280. The van der Waals surface area contributed by atoms with Crippen LogP contribution in [0.25, 0.3) is 0 Å². The molecule has 4 rings (SSSR count). The number of anilines is 1. The van der Waals surface area contributed by atoms with E-state index >= 15 is 0 Å². The van der Waals surface area contributed by atoms with Crippen LogP contribution in [0.5, 0.6) is 0 Å². The first-order valence-corrected chi connectivity index (χ1v) is 12.7. The van der Waals surface area contributed by atoms with Crippen molar-refractivity contribution in [2.75, 3.05) is 11.9 Å². The minimum absolute atomic E-state index is 0.0427. The summed E-state index contributed by atoms with van der Waals surface area (Å²) in [6.07, 6.45) is 1.48. The number of sulfonamides is 1. The third-order valence-electron chi connectivity index (χ3n) is 5.01. The summed E-state index contributed by atoms with van der Waals surface area (Å²) in [5.41, 5.74) is 1.99. The van der Waals surface area contributed by atoms with Crippen LogP contribution in [0.4, 0.5) is 5.13 Å². The normalized spacial score (nSPS) is 14.0. The van der Waals surface area contributed by atoms with E-state index in [2.05, 4.69) is 20.2 Å². The molecule has 0 atom stereocenters. The lowest BCUT2D eigenvalue weighted by Crippen LogP contribution is -2.24. The monoisotopic (exact) mass is 505 g/mol. The number of rotatable bonds is 8. The van der Waals surface area contributed by atoms with E-state index in [1.54, 1.807) is 24.3 Å². The fraction of sp³-hybridized carbons (Fsp3) is 0.238. The van der Waals surface area contributed by atoms with Gasteiger partial charge in [0.2, 0.25) is 15.4 Å². The summed E-state index contributed by atoms with van der Waals surface area (Å²) >= 11 is 6.74. The number of hydrogen-bond donors (Lipinski definition) is 2. The van der Waals surface area contributed by atoms with Crippen molar-refractivity contribution in [3.05, 3.63) is 70.2 Å². The number of nitrogens with one attached hydrogen (secondary N) is 2. The predicted octanol–water partition coefficient (Wildman–Crippen LogP) is 3.04. The second-order valence-electron chi connectivity index (χ2n) is 7.37. The highest BCUT2D eigenvalue weighted by Gasteiger charge is 2.22. The predicted molar refractivity (Wildman–Crippen MR) is 124 cm³/mol. The molecule has 2 amide bonds. The lowest BCUT2D eigenvalue weighted by Gasteiger charge is -2.15. The molecule has 172 valence electrons. The average Bonchev–Trinajstić information content (AvgIpc) is 3.43. The van der Waals surface area contributed by atoms with Crippen molar-refractivity contribution in [3.63, 3.8) is 0 Å². The Balaban J connectivity index is 1.34. The van der Waals surface area contributed by atoms with E-state index in [0.717, 1.165) is 35.4 Å². The zero-order chi connectivity index (χ0) is 23.4. The molecule has 1 aromatic heterocycles. The molecule has 1 saturated heterocycles. The topological polar surface area (TPSA) is 121 Å². The summed E-state index contributed by atoms with van der Waals surface area (Å²) < 4.78 is 27.4. The smallest absolute Gasteiger partial charge is 0.270 e. The zero-order valence-electron chi connectivity index (χ0n) is 17.3. The van der Waals surface area contributed by atoms with E-state index in [4.69, 9.17) is 11.6 Å². The Labute approximate surface area is 199 Å². The molecule has 0 aliphatic carbocycles. The van der Waals surface area contributed by atoms with Gasteiger partial charge in [0.25, 0.3) is 15.9 Å². The van der Waals surface area contributed by atoms with Gasteiger partial charge < -0.3 is 4.90 Å². The Kier molecular flexibility index (Phi) is 7.03. The highest BCUT2D eigenvalue weighted by molar-refractivity contribution is 7.91. The molecule has 2 heterocycles. The van der Waals surface area contributed by atoms with E-state index in [-0.39, 0.29) is 32.5 Å². The number of amides is 2. The van der Waals surface area contributed by atoms with Gasteiger partial charge in [-0.15, -0.1) is 10.2 Å². The fourth-order valence-corrected chi connectivity index (χ4v) is 5.45. The number of halogens is 1. The standard InChI is InChI=1S/C21H20ClN5O4S2/c22-17-5-2-1-4-16(17)19(29)24-20-25-26-21(32-20)33(30,31)23-12-14-7-9-15(10-8-14)13-27-11-3-6-18(27)28/h1-2,4-5,7-10,23H,3,6,11-13H2,(H,24,25,29). The average molecular weight is 506 g/mol. The number of carbonyl (C=O) groups is 2. The van der Waals surface area contributed by atoms with Crippen molar-refractivity contribution in [3.8, 4) is 0 Å². The van der Waals surface area contributed by atoms with Gasteiger partial charge in [0.05, 0.1) is 10.6 Å². The lowest BCUT2D eigenvalue weighted by molar-refractivity contribution is -0.128. The van der Waals surface area contributed by atoms with Crippen LogP contribution in [-0.2, 0) is 27.9 Å². The van der Waals surface area contributed by atoms with Crippen molar-refractivity contribution in [2.24, 2.45) is 0 Å². The minimum Gasteiger partial charge on any atom is -0.338 e. The summed E-state index contributed by atoms with van der Waals surface area (Å²) in [6.45, 7) is 1.38. The van der Waals surface area contributed by atoms with Crippen LogP contribution < -0.4 is 10.0 Å². The number of benzene rings is 2. The highest BCUT2D eigenvalue weighted by atomic mass is 35.5. The maximum atomic E-state index is 12.6. The number of likely N-dealkylation sites (tertiary alicyclic amines) is 1. The quantitative estimate of drug-likeness (QED) is 0.454. The summed E-state index contributed by atoms with van der Waals surface area (Å²) in [7, 11) is -3.92. The van der Waals surface area contributed by atoms with Crippen LogP contribution in [0.15, 0.2) is 52.9 Å². The SMILES string of the molecule is O=C(Nc1nnc(S(=O)(=O)NCc2ccc(CN3CCCC3=O)cc2)s1)c1ccccc1Cl. The molecule has 1 aliphatic heterocycles. The van der Waals surface area contributed by atoms with Crippen LogP contribution in [0.1, 0.15) is 34.3 Å². The summed E-state index contributed by atoms with van der Waals surface area (Å²) in [5.74, 6) is -0.351. The Morgan fingerprint density at radius 1 is 1.09 bits per heavy atom. The van der Waals surface area contributed by atoms with Crippen molar-refractivity contribution in [1.82, 2.24) is 19.8 Å². The molecule has 0 radical (unpaired) electrons. The molecule has 0 unspecified atom stereocenters. The minimum atomic E-state index is -3.92. The molecule has 2 aromatic carbocycles. The molecular formula is C21H20ClN5O4S2. The van der Waals surface area contributed by atoms with Gasteiger partial charge >= 0.3 is 0 Å². The maximum absolute atomic E-state index is 12.6. The van der Waals surface area contributed by atoms with E-state index in [1.165, 1.54) is 0 Å². The summed E-state index contributed by atoms with van der Waals surface area (Å²) in [5, 5.41) is 10.2. The molecule has 12 heteroatoms. The van der Waals surface area contributed by atoms with Gasteiger partial charge in [0, 0.05) is 26.1 Å². The number of hydrogen-bond acceptors (Lipinski definition) is 7. The first kappa shape index (κ1) is 23.3. The van der Waals surface area contributed by atoms with Gasteiger partial charge in [-0.3, -0.25) is 14.9 Å². The van der Waals surface area contributed by atoms with Gasteiger partial charge in [-0.2, -0.15) is 0 Å².